The molecule has 0 saturated heterocycles. The second-order valence-electron chi connectivity index (χ2n) is 9.47. The van der Waals surface area contributed by atoms with Crippen LogP contribution in [0.2, 0.25) is 0 Å². The zero-order chi connectivity index (χ0) is 29.4. The molecule has 0 aliphatic carbocycles. The van der Waals surface area contributed by atoms with Crippen LogP contribution < -0.4 is 19.5 Å². The second-order valence-corrected chi connectivity index (χ2v) is 9.47. The summed E-state index contributed by atoms with van der Waals surface area (Å²) < 4.78 is 23.0. The molecule has 40 heavy (non-hydrogen) atoms. The highest BCUT2D eigenvalue weighted by Crippen LogP contribution is 2.41. The van der Waals surface area contributed by atoms with E-state index in [1.54, 1.807) is 6.92 Å². The Morgan fingerprint density at radius 3 is 1.95 bits per heavy atom. The summed E-state index contributed by atoms with van der Waals surface area (Å²) in [6, 6.07) is 12.3. The molecule has 9 heteroatoms. The maximum Gasteiger partial charge on any atom is 0.328 e. The number of nitrogens with zero attached hydrogens (tertiary/aromatic N) is 1. The van der Waals surface area contributed by atoms with Gasteiger partial charge < -0.3 is 29.4 Å². The first kappa shape index (κ1) is 30.3. The fraction of sp³-hybridized carbons (Fsp3) is 0.387. The predicted octanol–water partition coefficient (Wildman–Crippen LogP) is 5.09. The van der Waals surface area contributed by atoms with Crippen molar-refractivity contribution in [3.8, 4) is 23.0 Å². The number of nitrogens with one attached hydrogen (secondary N) is 1. The lowest BCUT2D eigenvalue weighted by atomic mass is 9.85. The molecule has 2 atom stereocenters. The van der Waals surface area contributed by atoms with Gasteiger partial charge in [-0.2, -0.15) is 0 Å². The number of aromatic nitrogens is 1. The van der Waals surface area contributed by atoms with Crippen molar-refractivity contribution in [3.05, 3.63) is 76.6 Å². The SMILES string of the molecule is CCOc1cc(C)ccc1C(c1ccc(C)cc1OCC)[C@H](C)OC(=O)[C@H](C)NC(=O)c1nccc(OC)c1O. The maximum absolute atomic E-state index is 13.2. The zero-order valence-corrected chi connectivity index (χ0v) is 24.1. The molecule has 1 heterocycles. The number of methoxy groups -OCH3 is 1. The van der Waals surface area contributed by atoms with Gasteiger partial charge in [-0.15, -0.1) is 0 Å². The molecular weight excluding hydrogens is 512 g/mol. The number of aryl methyl sites for hydroxylation is 2. The third-order valence-electron chi connectivity index (χ3n) is 6.40. The standard InChI is InChI=1S/C31H38N2O7/c1-8-38-25-16-18(3)10-12-22(25)27(23-13-11-19(4)17-26(23)39-9-2)21(6)40-31(36)20(5)33-30(35)28-29(34)24(37-7)14-15-32-28/h10-17,20-21,27,34H,8-9H2,1-7H3,(H,33,35)/t20-,21-/m0/s1. The lowest BCUT2D eigenvalue weighted by Gasteiger charge is -2.29. The van der Waals surface area contributed by atoms with E-state index < -0.39 is 35.7 Å². The van der Waals surface area contributed by atoms with Gasteiger partial charge in [-0.3, -0.25) is 4.79 Å². The summed E-state index contributed by atoms with van der Waals surface area (Å²) in [5.74, 6) is -0.748. The summed E-state index contributed by atoms with van der Waals surface area (Å²) in [4.78, 5) is 29.9. The number of esters is 1. The van der Waals surface area contributed by atoms with Gasteiger partial charge in [-0.25, -0.2) is 9.78 Å². The fourth-order valence-electron chi connectivity index (χ4n) is 4.48. The molecule has 0 bridgehead atoms. The number of benzene rings is 2. The van der Waals surface area contributed by atoms with Crippen molar-refractivity contribution in [2.75, 3.05) is 20.3 Å². The molecule has 2 aromatic carbocycles. The minimum atomic E-state index is -1.03. The van der Waals surface area contributed by atoms with E-state index in [9.17, 15) is 14.7 Å². The fourth-order valence-corrected chi connectivity index (χ4v) is 4.48. The van der Waals surface area contributed by atoms with Gasteiger partial charge in [-0.1, -0.05) is 24.3 Å². The molecule has 0 unspecified atom stereocenters. The average molecular weight is 551 g/mol. The van der Waals surface area contributed by atoms with Gasteiger partial charge in [0.05, 0.1) is 26.2 Å². The number of carbonyl (C=O) groups is 2. The Morgan fingerprint density at radius 1 is 0.900 bits per heavy atom. The normalized spacial score (nSPS) is 12.4. The zero-order valence-electron chi connectivity index (χ0n) is 24.1. The van der Waals surface area contributed by atoms with E-state index in [1.165, 1.54) is 26.3 Å². The van der Waals surface area contributed by atoms with Crippen LogP contribution in [0.1, 0.15) is 66.4 Å². The average Bonchev–Trinajstić information content (AvgIpc) is 2.91. The molecule has 9 nitrogen and oxygen atoms in total. The number of hydrogen-bond acceptors (Lipinski definition) is 8. The quantitative estimate of drug-likeness (QED) is 0.300. The molecule has 1 aromatic heterocycles. The first-order valence-corrected chi connectivity index (χ1v) is 13.3. The first-order chi connectivity index (χ1) is 19.1. The highest BCUT2D eigenvalue weighted by Gasteiger charge is 2.32. The molecule has 0 aliphatic rings. The molecule has 2 N–H and O–H groups in total. The van der Waals surface area contributed by atoms with Crippen LogP contribution in [0.4, 0.5) is 0 Å². The second kappa shape index (κ2) is 13.7. The largest absolute Gasteiger partial charge is 0.503 e. The summed E-state index contributed by atoms with van der Waals surface area (Å²) in [6.07, 6.45) is 0.664. The van der Waals surface area contributed by atoms with Crippen LogP contribution in [0, 0.1) is 13.8 Å². The van der Waals surface area contributed by atoms with Crippen LogP contribution >= 0.6 is 0 Å². The van der Waals surface area contributed by atoms with Crippen molar-refractivity contribution >= 4 is 11.9 Å². The van der Waals surface area contributed by atoms with E-state index in [4.69, 9.17) is 18.9 Å². The maximum atomic E-state index is 13.2. The Bertz CT molecular complexity index is 1290. The molecule has 0 aliphatic heterocycles. The van der Waals surface area contributed by atoms with E-state index in [-0.39, 0.29) is 11.4 Å². The summed E-state index contributed by atoms with van der Waals surface area (Å²) in [5, 5.41) is 12.8. The predicted molar refractivity (Wildman–Crippen MR) is 151 cm³/mol. The van der Waals surface area contributed by atoms with Gasteiger partial charge in [-0.05, 0) is 64.8 Å². The molecule has 0 saturated carbocycles. The third kappa shape index (κ3) is 7.02. The van der Waals surface area contributed by atoms with Crippen LogP contribution in [0.5, 0.6) is 23.0 Å². The number of pyridine rings is 1. The topological polar surface area (TPSA) is 116 Å². The van der Waals surface area contributed by atoms with Crippen molar-refractivity contribution < 1.29 is 33.6 Å². The summed E-state index contributed by atoms with van der Waals surface area (Å²) in [5.41, 5.74) is 3.51. The molecular formula is C31H38N2O7. The van der Waals surface area contributed by atoms with Crippen molar-refractivity contribution in [1.29, 1.82) is 0 Å². The highest BCUT2D eigenvalue weighted by atomic mass is 16.5. The molecule has 214 valence electrons. The van der Waals surface area contributed by atoms with Crippen molar-refractivity contribution in [2.24, 2.45) is 0 Å². The highest BCUT2D eigenvalue weighted by molar-refractivity contribution is 5.97. The van der Waals surface area contributed by atoms with Crippen LogP contribution in [-0.4, -0.2) is 54.4 Å². The number of rotatable bonds is 12. The van der Waals surface area contributed by atoms with Crippen LogP contribution in [0.15, 0.2) is 48.7 Å². The molecule has 3 aromatic rings. The Labute approximate surface area is 235 Å². The number of ether oxygens (including phenoxy) is 4. The van der Waals surface area contributed by atoms with Crippen molar-refractivity contribution in [2.45, 2.75) is 59.6 Å². The lowest BCUT2D eigenvalue weighted by molar-refractivity contribution is -0.150. The number of hydrogen-bond donors (Lipinski definition) is 2. The molecule has 3 rings (SSSR count). The lowest BCUT2D eigenvalue weighted by Crippen LogP contribution is -2.41. The summed E-state index contributed by atoms with van der Waals surface area (Å²) in [6.45, 7) is 12.1. The van der Waals surface area contributed by atoms with Gasteiger partial charge in [0.1, 0.15) is 23.6 Å². The third-order valence-corrected chi connectivity index (χ3v) is 6.40. The minimum Gasteiger partial charge on any atom is -0.503 e. The van der Waals surface area contributed by atoms with E-state index in [2.05, 4.69) is 10.3 Å². The van der Waals surface area contributed by atoms with Gasteiger partial charge in [0, 0.05) is 23.4 Å². The Hall–Kier alpha value is -4.27. The molecule has 1 amide bonds. The monoisotopic (exact) mass is 550 g/mol. The van der Waals surface area contributed by atoms with Crippen LogP contribution in [0.3, 0.4) is 0 Å². The summed E-state index contributed by atoms with van der Waals surface area (Å²) in [7, 11) is 1.37. The molecule has 0 fully saturated rings. The Morgan fingerprint density at radius 2 is 1.45 bits per heavy atom. The smallest absolute Gasteiger partial charge is 0.328 e. The van der Waals surface area contributed by atoms with Gasteiger partial charge in [0.2, 0.25) is 0 Å². The van der Waals surface area contributed by atoms with E-state index in [1.807, 2.05) is 64.1 Å². The van der Waals surface area contributed by atoms with Gasteiger partial charge >= 0.3 is 5.97 Å². The number of aromatic hydroxyl groups is 1. The van der Waals surface area contributed by atoms with E-state index in [0.717, 1.165) is 22.3 Å². The van der Waals surface area contributed by atoms with Gasteiger partial charge in [0.25, 0.3) is 5.91 Å². The van der Waals surface area contributed by atoms with Crippen molar-refractivity contribution in [3.63, 3.8) is 0 Å². The van der Waals surface area contributed by atoms with E-state index in [0.29, 0.717) is 24.7 Å². The Balaban J connectivity index is 1.93. The Kier molecular flexibility index (Phi) is 10.4. The molecule has 0 radical (unpaired) electrons. The summed E-state index contributed by atoms with van der Waals surface area (Å²) >= 11 is 0. The van der Waals surface area contributed by atoms with Crippen LogP contribution in [-0.2, 0) is 9.53 Å². The van der Waals surface area contributed by atoms with Crippen molar-refractivity contribution in [1.82, 2.24) is 10.3 Å². The van der Waals surface area contributed by atoms with E-state index >= 15 is 0 Å². The first-order valence-electron chi connectivity index (χ1n) is 13.3. The molecule has 0 spiro atoms. The minimum absolute atomic E-state index is 0.0956. The van der Waals surface area contributed by atoms with Gasteiger partial charge in [0.15, 0.2) is 17.2 Å². The number of amides is 1. The number of carbonyl (C=O) groups excluding carboxylic acids is 2. The van der Waals surface area contributed by atoms with Crippen LogP contribution in [0.25, 0.3) is 0 Å².